The number of carbonyl (C=O) groups excluding carboxylic acids is 2. The molecule has 8 nitrogen and oxygen atoms in total. The molecule has 2 aromatic carbocycles. The van der Waals surface area contributed by atoms with E-state index in [-0.39, 0.29) is 11.4 Å². The number of halogens is 3. The van der Waals surface area contributed by atoms with Crippen molar-refractivity contribution in [1.29, 1.82) is 0 Å². The number of rotatable bonds is 7. The van der Waals surface area contributed by atoms with Crippen LogP contribution in [0.4, 0.5) is 24.5 Å². The third-order valence-electron chi connectivity index (χ3n) is 3.13. The summed E-state index contributed by atoms with van der Waals surface area (Å²) in [6, 6.07) is 5.38. The maximum atomic E-state index is 13.6. The average molecular weight is 383 g/mol. The van der Waals surface area contributed by atoms with Gasteiger partial charge in [-0.1, -0.05) is 0 Å². The molecule has 0 fully saturated rings. The number of hydrogen-bond acceptors (Lipinski definition) is 5. The summed E-state index contributed by atoms with van der Waals surface area (Å²) in [7, 11) is 0. The normalized spacial score (nSPS) is 10.2. The van der Waals surface area contributed by atoms with E-state index in [1.807, 2.05) is 0 Å². The highest BCUT2D eigenvalue weighted by Crippen LogP contribution is 2.22. The van der Waals surface area contributed by atoms with Crippen LogP contribution in [-0.4, -0.2) is 29.9 Å². The standard InChI is InChI=1S/C16H12F3N3O5/c17-11-3-1-9(5-12(11)18)21-15(23)7-20-16(24)8-27-14-4-2-10(22(25)26)6-13(14)19/h1-6H,7-8H2,(H,20,24)(H,21,23). The van der Waals surface area contributed by atoms with Crippen molar-refractivity contribution in [3.63, 3.8) is 0 Å². The summed E-state index contributed by atoms with van der Waals surface area (Å²) >= 11 is 0. The Morgan fingerprint density at radius 3 is 2.37 bits per heavy atom. The van der Waals surface area contributed by atoms with Gasteiger partial charge < -0.3 is 15.4 Å². The average Bonchev–Trinajstić information content (AvgIpc) is 2.62. The molecule has 0 bridgehead atoms. The first-order valence-corrected chi connectivity index (χ1v) is 7.34. The summed E-state index contributed by atoms with van der Waals surface area (Å²) < 4.78 is 44.3. The SMILES string of the molecule is O=C(COc1ccc([N+](=O)[O-])cc1F)NCC(=O)Nc1ccc(F)c(F)c1. The van der Waals surface area contributed by atoms with Crippen molar-refractivity contribution in [2.45, 2.75) is 0 Å². The van der Waals surface area contributed by atoms with Crippen LogP contribution in [0, 0.1) is 27.6 Å². The molecule has 2 N–H and O–H groups in total. The quantitative estimate of drug-likeness (QED) is 0.562. The molecule has 0 unspecified atom stereocenters. The van der Waals surface area contributed by atoms with Crippen LogP contribution in [0.5, 0.6) is 5.75 Å². The number of nitrogens with zero attached hydrogens (tertiary/aromatic N) is 1. The monoisotopic (exact) mass is 383 g/mol. The molecule has 0 heterocycles. The number of amides is 2. The Hall–Kier alpha value is -3.63. The van der Waals surface area contributed by atoms with Gasteiger partial charge in [0.25, 0.3) is 11.6 Å². The van der Waals surface area contributed by atoms with Crippen LogP contribution in [0.1, 0.15) is 0 Å². The Morgan fingerprint density at radius 1 is 1.00 bits per heavy atom. The van der Waals surface area contributed by atoms with Gasteiger partial charge in [-0.15, -0.1) is 0 Å². The largest absolute Gasteiger partial charge is 0.481 e. The minimum atomic E-state index is -1.14. The van der Waals surface area contributed by atoms with Crippen LogP contribution < -0.4 is 15.4 Å². The summed E-state index contributed by atoms with van der Waals surface area (Å²) in [4.78, 5) is 33.0. The van der Waals surface area contributed by atoms with E-state index in [0.29, 0.717) is 6.07 Å². The van der Waals surface area contributed by atoms with E-state index in [4.69, 9.17) is 4.74 Å². The number of nitro groups is 1. The first-order chi connectivity index (χ1) is 12.8. The second-order valence-corrected chi connectivity index (χ2v) is 5.11. The molecule has 2 rings (SSSR count). The van der Waals surface area contributed by atoms with Gasteiger partial charge >= 0.3 is 0 Å². The molecule has 0 atom stereocenters. The van der Waals surface area contributed by atoms with Gasteiger partial charge in [0.15, 0.2) is 29.8 Å². The predicted octanol–water partition coefficient (Wildman–Crippen LogP) is 2.15. The molecule has 0 saturated heterocycles. The molecule has 2 aromatic rings. The minimum Gasteiger partial charge on any atom is -0.481 e. The highest BCUT2D eigenvalue weighted by Gasteiger charge is 2.13. The van der Waals surface area contributed by atoms with Crippen LogP contribution in [-0.2, 0) is 9.59 Å². The van der Waals surface area contributed by atoms with Crippen molar-refractivity contribution < 1.29 is 32.4 Å². The Kier molecular flexibility index (Phi) is 6.31. The zero-order valence-electron chi connectivity index (χ0n) is 13.5. The predicted molar refractivity (Wildman–Crippen MR) is 86.5 cm³/mol. The molecule has 11 heteroatoms. The molecule has 0 aliphatic carbocycles. The smallest absolute Gasteiger partial charge is 0.272 e. The lowest BCUT2D eigenvalue weighted by molar-refractivity contribution is -0.385. The van der Waals surface area contributed by atoms with Crippen molar-refractivity contribution in [2.24, 2.45) is 0 Å². The van der Waals surface area contributed by atoms with Crippen molar-refractivity contribution >= 4 is 23.2 Å². The lowest BCUT2D eigenvalue weighted by atomic mass is 10.3. The minimum absolute atomic E-state index is 0.00245. The molecule has 27 heavy (non-hydrogen) atoms. The summed E-state index contributed by atoms with van der Waals surface area (Å²) in [5, 5.41) is 14.9. The number of ether oxygens (including phenoxy) is 1. The van der Waals surface area contributed by atoms with E-state index in [2.05, 4.69) is 10.6 Å². The molecule has 0 aliphatic rings. The highest BCUT2D eigenvalue weighted by atomic mass is 19.2. The van der Waals surface area contributed by atoms with Crippen LogP contribution in [0.2, 0.25) is 0 Å². The summed E-state index contributed by atoms with van der Waals surface area (Å²) in [5.74, 6) is -5.09. The maximum absolute atomic E-state index is 13.6. The zero-order valence-corrected chi connectivity index (χ0v) is 13.5. The van der Waals surface area contributed by atoms with Gasteiger partial charge in [0, 0.05) is 17.8 Å². The van der Waals surface area contributed by atoms with Gasteiger partial charge in [0.1, 0.15) is 0 Å². The number of non-ortho nitro benzene ring substituents is 1. The second-order valence-electron chi connectivity index (χ2n) is 5.11. The molecule has 0 saturated carbocycles. The number of benzene rings is 2. The Balaban J connectivity index is 1.79. The topological polar surface area (TPSA) is 111 Å². The van der Waals surface area contributed by atoms with E-state index >= 15 is 0 Å². The van der Waals surface area contributed by atoms with E-state index in [1.165, 1.54) is 0 Å². The summed E-state index contributed by atoms with van der Waals surface area (Å²) in [5.41, 5.74) is -0.476. The molecule has 2 amide bonds. The number of hydrogen-bond donors (Lipinski definition) is 2. The molecule has 142 valence electrons. The second kappa shape index (κ2) is 8.65. The molecule has 0 spiro atoms. The fourth-order valence-electron chi connectivity index (χ4n) is 1.87. The maximum Gasteiger partial charge on any atom is 0.272 e. The van der Waals surface area contributed by atoms with Gasteiger partial charge in [0.05, 0.1) is 17.5 Å². The van der Waals surface area contributed by atoms with Crippen LogP contribution in [0.25, 0.3) is 0 Å². The van der Waals surface area contributed by atoms with Gasteiger partial charge in [-0.3, -0.25) is 19.7 Å². The first kappa shape index (κ1) is 19.7. The first-order valence-electron chi connectivity index (χ1n) is 7.34. The number of carbonyl (C=O) groups is 2. The summed E-state index contributed by atoms with van der Waals surface area (Å²) in [6.07, 6.45) is 0. The Morgan fingerprint density at radius 2 is 1.74 bits per heavy atom. The highest BCUT2D eigenvalue weighted by molar-refractivity contribution is 5.94. The third kappa shape index (κ3) is 5.70. The van der Waals surface area contributed by atoms with E-state index in [0.717, 1.165) is 30.3 Å². The van der Waals surface area contributed by atoms with Crippen molar-refractivity contribution in [1.82, 2.24) is 5.32 Å². The summed E-state index contributed by atoms with van der Waals surface area (Å²) in [6.45, 7) is -1.14. The van der Waals surface area contributed by atoms with E-state index in [1.54, 1.807) is 0 Å². The van der Waals surface area contributed by atoms with Crippen molar-refractivity contribution in [2.75, 3.05) is 18.5 Å². The van der Waals surface area contributed by atoms with Gasteiger partial charge in [0.2, 0.25) is 5.91 Å². The fourth-order valence-corrected chi connectivity index (χ4v) is 1.87. The van der Waals surface area contributed by atoms with Crippen LogP contribution >= 0.6 is 0 Å². The Labute approximate surface area is 150 Å². The molecular formula is C16H12F3N3O5. The Bertz CT molecular complexity index is 892. The van der Waals surface area contributed by atoms with Crippen molar-refractivity contribution in [3.05, 3.63) is 64.0 Å². The number of nitro benzene ring substituents is 1. The zero-order chi connectivity index (χ0) is 20.0. The van der Waals surface area contributed by atoms with E-state index in [9.17, 15) is 32.9 Å². The van der Waals surface area contributed by atoms with Crippen LogP contribution in [0.3, 0.4) is 0 Å². The van der Waals surface area contributed by atoms with Gasteiger partial charge in [-0.25, -0.2) is 13.2 Å². The van der Waals surface area contributed by atoms with E-state index < -0.39 is 53.0 Å². The molecule has 0 aromatic heterocycles. The molecule has 0 radical (unpaired) electrons. The van der Waals surface area contributed by atoms with Gasteiger partial charge in [-0.2, -0.15) is 0 Å². The third-order valence-corrected chi connectivity index (χ3v) is 3.13. The number of anilines is 1. The number of nitrogens with one attached hydrogen (secondary N) is 2. The molecule has 0 aliphatic heterocycles. The lowest BCUT2D eigenvalue weighted by Crippen LogP contribution is -2.35. The van der Waals surface area contributed by atoms with Crippen LogP contribution in [0.15, 0.2) is 36.4 Å². The lowest BCUT2D eigenvalue weighted by Gasteiger charge is -2.09. The molecular weight excluding hydrogens is 371 g/mol. The van der Waals surface area contributed by atoms with Gasteiger partial charge in [-0.05, 0) is 18.2 Å². The van der Waals surface area contributed by atoms with Crippen molar-refractivity contribution in [3.8, 4) is 5.75 Å². The fraction of sp³-hybridized carbons (Fsp3) is 0.125.